The van der Waals surface area contributed by atoms with Crippen molar-refractivity contribution < 1.29 is 9.59 Å². The fourth-order valence-corrected chi connectivity index (χ4v) is 6.13. The van der Waals surface area contributed by atoms with Gasteiger partial charge in [0.05, 0.1) is 0 Å². The predicted molar refractivity (Wildman–Crippen MR) is 119 cm³/mol. The minimum Gasteiger partial charge on any atom is -0.293 e. The molecule has 1 atom stereocenters. The Morgan fingerprint density at radius 3 is 1.59 bits per heavy atom. The van der Waals surface area contributed by atoms with Crippen LogP contribution in [0, 0.1) is 28.6 Å². The summed E-state index contributed by atoms with van der Waals surface area (Å²) in [6, 6.07) is 18.9. The summed E-state index contributed by atoms with van der Waals surface area (Å²) in [7, 11) is 0. The lowest BCUT2D eigenvalue weighted by molar-refractivity contribution is -0.0615. The van der Waals surface area contributed by atoms with E-state index in [1.807, 2.05) is 60.7 Å². The Hall–Kier alpha value is -2.22. The SMILES string of the molecule is CC1CCC(C(C)C)(C(C)C)C(C(=O)c2ccccc2)(C(=O)c2ccccc2)C1. The van der Waals surface area contributed by atoms with E-state index in [1.54, 1.807) is 0 Å². The molecule has 2 nitrogen and oxygen atoms in total. The third kappa shape index (κ3) is 3.37. The number of carbonyl (C=O) groups excluding carboxylic acids is 2. The van der Waals surface area contributed by atoms with Crippen LogP contribution in [0.1, 0.15) is 74.6 Å². The highest BCUT2D eigenvalue weighted by atomic mass is 16.2. The van der Waals surface area contributed by atoms with Gasteiger partial charge in [0.15, 0.2) is 11.6 Å². The molecule has 0 amide bonds. The highest BCUT2D eigenvalue weighted by molar-refractivity contribution is 6.20. The lowest BCUT2D eigenvalue weighted by Crippen LogP contribution is -2.61. The van der Waals surface area contributed by atoms with E-state index in [-0.39, 0.29) is 28.8 Å². The van der Waals surface area contributed by atoms with Crippen LogP contribution in [0.3, 0.4) is 0 Å². The van der Waals surface area contributed by atoms with Crippen LogP contribution in [0.15, 0.2) is 60.7 Å². The molecule has 0 aliphatic heterocycles. The van der Waals surface area contributed by atoms with Gasteiger partial charge in [-0.25, -0.2) is 0 Å². The average molecular weight is 391 g/mol. The van der Waals surface area contributed by atoms with E-state index >= 15 is 0 Å². The first-order chi connectivity index (χ1) is 13.8. The standard InChI is InChI=1S/C27H34O2/c1-19(2)26(20(3)4)17-16-21(5)18-27(26,24(28)22-12-8-6-9-13-22)25(29)23-14-10-7-11-15-23/h6-15,19-21H,16-18H2,1-5H3. The minimum atomic E-state index is -1.05. The number of hydrogen-bond donors (Lipinski definition) is 0. The normalized spacial score (nSPS) is 20.6. The largest absolute Gasteiger partial charge is 0.293 e. The highest BCUT2D eigenvalue weighted by Gasteiger charge is 2.64. The topological polar surface area (TPSA) is 34.1 Å². The fourth-order valence-electron chi connectivity index (χ4n) is 6.13. The summed E-state index contributed by atoms with van der Waals surface area (Å²) in [5.74, 6) is 0.772. The van der Waals surface area contributed by atoms with Crippen molar-refractivity contribution in [2.75, 3.05) is 0 Å². The van der Waals surface area contributed by atoms with E-state index in [9.17, 15) is 9.59 Å². The molecule has 1 aliphatic carbocycles. The van der Waals surface area contributed by atoms with Gasteiger partial charge in [0.2, 0.25) is 0 Å². The number of hydrogen-bond acceptors (Lipinski definition) is 2. The summed E-state index contributed by atoms with van der Waals surface area (Å²) in [5.41, 5.74) is -0.122. The molecule has 1 aliphatic rings. The quantitative estimate of drug-likeness (QED) is 0.399. The smallest absolute Gasteiger partial charge is 0.177 e. The van der Waals surface area contributed by atoms with Crippen molar-refractivity contribution in [2.45, 2.75) is 53.9 Å². The molecule has 3 rings (SSSR count). The van der Waals surface area contributed by atoms with Gasteiger partial charge in [0.25, 0.3) is 0 Å². The molecule has 0 aromatic heterocycles. The number of benzene rings is 2. The second-order valence-corrected chi connectivity index (χ2v) is 9.49. The molecule has 0 N–H and O–H groups in total. The molecule has 0 heterocycles. The lowest BCUT2D eigenvalue weighted by Gasteiger charge is -2.58. The maximum Gasteiger partial charge on any atom is 0.177 e. The van der Waals surface area contributed by atoms with Crippen LogP contribution in [0.4, 0.5) is 0 Å². The maximum absolute atomic E-state index is 14.3. The number of carbonyl (C=O) groups is 2. The Labute approximate surface area is 175 Å². The third-order valence-electron chi connectivity index (χ3n) is 7.41. The highest BCUT2D eigenvalue weighted by Crippen LogP contribution is 2.62. The van der Waals surface area contributed by atoms with Crippen LogP contribution in [-0.2, 0) is 0 Å². The fraction of sp³-hybridized carbons (Fsp3) is 0.481. The van der Waals surface area contributed by atoms with E-state index in [2.05, 4.69) is 34.6 Å². The molecule has 0 bridgehead atoms. The van der Waals surface area contributed by atoms with Gasteiger partial charge in [-0.1, -0.05) is 102 Å². The summed E-state index contributed by atoms with van der Waals surface area (Å²) in [6.45, 7) is 11.0. The van der Waals surface area contributed by atoms with E-state index < -0.39 is 5.41 Å². The molecule has 2 aromatic rings. The van der Waals surface area contributed by atoms with Crippen molar-refractivity contribution in [2.24, 2.45) is 28.6 Å². The van der Waals surface area contributed by atoms with Crippen molar-refractivity contribution in [3.05, 3.63) is 71.8 Å². The minimum absolute atomic E-state index is 0.000836. The van der Waals surface area contributed by atoms with Crippen molar-refractivity contribution in [3.8, 4) is 0 Å². The van der Waals surface area contributed by atoms with Crippen LogP contribution in [-0.4, -0.2) is 11.6 Å². The third-order valence-corrected chi connectivity index (χ3v) is 7.41. The monoisotopic (exact) mass is 390 g/mol. The molecule has 1 fully saturated rings. The zero-order chi connectivity index (χ0) is 21.2. The average Bonchev–Trinajstić information content (AvgIpc) is 2.73. The Kier molecular flexibility index (Phi) is 6.12. The van der Waals surface area contributed by atoms with Crippen molar-refractivity contribution >= 4 is 11.6 Å². The van der Waals surface area contributed by atoms with E-state index in [1.165, 1.54) is 0 Å². The summed E-state index contributed by atoms with van der Waals surface area (Å²) >= 11 is 0. The Bertz CT molecular complexity index is 789. The van der Waals surface area contributed by atoms with E-state index in [0.29, 0.717) is 23.5 Å². The molecule has 154 valence electrons. The second kappa shape index (κ2) is 8.26. The van der Waals surface area contributed by atoms with Gasteiger partial charge in [-0.05, 0) is 36.0 Å². The molecule has 1 unspecified atom stereocenters. The molecular weight excluding hydrogens is 356 g/mol. The Morgan fingerprint density at radius 2 is 1.21 bits per heavy atom. The van der Waals surface area contributed by atoms with Gasteiger partial charge in [-0.15, -0.1) is 0 Å². The summed E-state index contributed by atoms with van der Waals surface area (Å²) in [4.78, 5) is 28.6. The maximum atomic E-state index is 14.3. The molecule has 29 heavy (non-hydrogen) atoms. The van der Waals surface area contributed by atoms with Gasteiger partial charge in [-0.2, -0.15) is 0 Å². The first-order valence-electron chi connectivity index (χ1n) is 11.0. The van der Waals surface area contributed by atoms with Crippen LogP contribution >= 0.6 is 0 Å². The molecule has 0 radical (unpaired) electrons. The second-order valence-electron chi connectivity index (χ2n) is 9.49. The zero-order valence-electron chi connectivity index (χ0n) is 18.4. The number of Topliss-reactive ketones (excluding diaryl/α,β-unsaturated/α-hetero) is 2. The predicted octanol–water partition coefficient (Wildman–Crippen LogP) is 6.86. The lowest BCUT2D eigenvalue weighted by atomic mass is 9.43. The first-order valence-corrected chi connectivity index (χ1v) is 11.0. The zero-order valence-corrected chi connectivity index (χ0v) is 18.4. The van der Waals surface area contributed by atoms with Crippen LogP contribution in [0.2, 0.25) is 0 Å². The number of rotatable bonds is 6. The van der Waals surface area contributed by atoms with Gasteiger partial charge in [0, 0.05) is 11.1 Å². The summed E-state index contributed by atoms with van der Waals surface area (Å²) in [6.07, 6.45) is 2.58. The van der Waals surface area contributed by atoms with Gasteiger partial charge in [0.1, 0.15) is 5.41 Å². The van der Waals surface area contributed by atoms with Crippen molar-refractivity contribution in [1.82, 2.24) is 0 Å². The van der Waals surface area contributed by atoms with Gasteiger partial charge >= 0.3 is 0 Å². The van der Waals surface area contributed by atoms with Crippen LogP contribution < -0.4 is 0 Å². The van der Waals surface area contributed by atoms with Crippen molar-refractivity contribution in [1.29, 1.82) is 0 Å². The summed E-state index contributed by atoms with van der Waals surface area (Å²) in [5, 5.41) is 0. The molecule has 0 saturated heterocycles. The Morgan fingerprint density at radius 1 is 0.793 bits per heavy atom. The summed E-state index contributed by atoms with van der Waals surface area (Å²) < 4.78 is 0. The van der Waals surface area contributed by atoms with Gasteiger partial charge < -0.3 is 0 Å². The molecule has 0 spiro atoms. The molecular formula is C27H34O2. The van der Waals surface area contributed by atoms with Crippen LogP contribution in [0.25, 0.3) is 0 Å². The first kappa shape index (κ1) is 21.5. The van der Waals surface area contributed by atoms with Crippen molar-refractivity contribution in [3.63, 3.8) is 0 Å². The molecule has 2 aromatic carbocycles. The van der Waals surface area contributed by atoms with Crippen LogP contribution in [0.5, 0.6) is 0 Å². The van der Waals surface area contributed by atoms with Gasteiger partial charge in [-0.3, -0.25) is 9.59 Å². The van der Waals surface area contributed by atoms with E-state index in [4.69, 9.17) is 0 Å². The number of ketones is 2. The molecule has 1 saturated carbocycles. The molecule has 2 heteroatoms. The van der Waals surface area contributed by atoms with E-state index in [0.717, 1.165) is 12.8 Å². The Balaban J connectivity index is 2.33.